The number of rotatable bonds is 7. The van der Waals surface area contributed by atoms with Crippen LogP contribution in [0.4, 0.5) is 18.9 Å². The molecule has 0 aliphatic carbocycles. The average Bonchev–Trinajstić information content (AvgIpc) is 2.61. The van der Waals surface area contributed by atoms with Crippen LogP contribution in [0.1, 0.15) is 6.42 Å². The van der Waals surface area contributed by atoms with Gasteiger partial charge in [-0.2, -0.15) is 0 Å². The lowest BCUT2D eigenvalue weighted by Crippen LogP contribution is -2.22. The van der Waals surface area contributed by atoms with Gasteiger partial charge in [0.1, 0.15) is 5.75 Å². The minimum Gasteiger partial charge on any atom is -0.493 e. The van der Waals surface area contributed by atoms with Gasteiger partial charge in [-0.25, -0.2) is 13.2 Å². The average molecular weight is 353 g/mol. The highest BCUT2D eigenvalue weighted by atomic mass is 19.2. The summed E-state index contributed by atoms with van der Waals surface area (Å²) in [6.45, 7) is -0.634. The number of hydrogen-bond donors (Lipinski definition) is 1. The van der Waals surface area contributed by atoms with Crippen LogP contribution in [0.3, 0.4) is 0 Å². The topological polar surface area (TPSA) is 64.6 Å². The third kappa shape index (κ3) is 5.52. The van der Waals surface area contributed by atoms with E-state index in [1.165, 1.54) is 0 Å². The van der Waals surface area contributed by atoms with Crippen LogP contribution in [0.5, 0.6) is 5.75 Å². The largest absolute Gasteiger partial charge is 0.493 e. The van der Waals surface area contributed by atoms with Gasteiger partial charge in [0.05, 0.1) is 18.7 Å². The fourth-order valence-electron chi connectivity index (χ4n) is 1.80. The molecule has 0 aliphatic heterocycles. The number of carbonyl (C=O) groups excluding carboxylic acids is 2. The Kier molecular flexibility index (Phi) is 6.39. The normalized spacial score (nSPS) is 10.2. The van der Waals surface area contributed by atoms with E-state index in [1.54, 1.807) is 24.3 Å². The first kappa shape index (κ1) is 18.3. The van der Waals surface area contributed by atoms with Crippen LogP contribution in [0, 0.1) is 17.5 Å². The number of hydrogen-bond acceptors (Lipinski definition) is 4. The fraction of sp³-hybridized carbons (Fsp3) is 0.176. The van der Waals surface area contributed by atoms with Crippen LogP contribution in [-0.2, 0) is 14.3 Å². The number of nitrogens with one attached hydrogen (secondary N) is 1. The molecular formula is C17H14F3NO4. The van der Waals surface area contributed by atoms with Crippen molar-refractivity contribution in [2.45, 2.75) is 6.42 Å². The quantitative estimate of drug-likeness (QED) is 0.614. The summed E-state index contributed by atoms with van der Waals surface area (Å²) in [5.74, 6) is -5.61. The van der Waals surface area contributed by atoms with E-state index in [0.29, 0.717) is 11.8 Å². The lowest BCUT2D eigenvalue weighted by molar-refractivity contribution is -0.147. The Balaban J connectivity index is 1.72. The molecule has 1 amide bonds. The highest BCUT2D eigenvalue weighted by molar-refractivity contribution is 5.92. The standard InChI is InChI=1S/C17H14F3NO4/c18-12-6-7-13(17(20)16(12)19)21-14(22)10-25-15(23)8-9-24-11-4-2-1-3-5-11/h1-7H,8-10H2,(H,21,22). The third-order valence-corrected chi connectivity index (χ3v) is 2.99. The van der Waals surface area contributed by atoms with E-state index in [-0.39, 0.29) is 13.0 Å². The van der Waals surface area contributed by atoms with Gasteiger partial charge in [-0.05, 0) is 24.3 Å². The molecule has 25 heavy (non-hydrogen) atoms. The predicted octanol–water partition coefficient (Wildman–Crippen LogP) is 3.05. The number of amides is 1. The van der Waals surface area contributed by atoms with Gasteiger partial charge in [0, 0.05) is 0 Å². The highest BCUT2D eigenvalue weighted by Crippen LogP contribution is 2.19. The lowest BCUT2D eigenvalue weighted by atomic mass is 10.3. The lowest BCUT2D eigenvalue weighted by Gasteiger charge is -2.09. The number of para-hydroxylation sites is 1. The van der Waals surface area contributed by atoms with Gasteiger partial charge in [-0.3, -0.25) is 9.59 Å². The first-order chi connectivity index (χ1) is 12.0. The maximum atomic E-state index is 13.4. The van der Waals surface area contributed by atoms with Crippen molar-refractivity contribution < 1.29 is 32.2 Å². The Morgan fingerprint density at radius 2 is 1.68 bits per heavy atom. The zero-order valence-electron chi connectivity index (χ0n) is 12.9. The summed E-state index contributed by atoms with van der Waals surface area (Å²) in [6.07, 6.45) is -0.0955. The van der Waals surface area contributed by atoms with Crippen molar-refractivity contribution in [1.29, 1.82) is 0 Å². The molecule has 132 valence electrons. The fourth-order valence-corrected chi connectivity index (χ4v) is 1.80. The Morgan fingerprint density at radius 1 is 0.960 bits per heavy atom. The van der Waals surface area contributed by atoms with Crippen molar-refractivity contribution in [3.63, 3.8) is 0 Å². The Labute approximate surface area is 141 Å². The Hall–Kier alpha value is -3.03. The van der Waals surface area contributed by atoms with Gasteiger partial charge < -0.3 is 14.8 Å². The van der Waals surface area contributed by atoms with Crippen LogP contribution in [0.2, 0.25) is 0 Å². The summed E-state index contributed by atoms with van der Waals surface area (Å²) in [5.41, 5.74) is -0.549. The maximum Gasteiger partial charge on any atom is 0.309 e. The molecule has 0 saturated heterocycles. The van der Waals surface area contributed by atoms with Gasteiger partial charge in [-0.15, -0.1) is 0 Å². The van der Waals surface area contributed by atoms with Crippen LogP contribution in [0.25, 0.3) is 0 Å². The smallest absolute Gasteiger partial charge is 0.309 e. The van der Waals surface area contributed by atoms with E-state index in [0.717, 1.165) is 6.07 Å². The van der Waals surface area contributed by atoms with Crippen LogP contribution in [0.15, 0.2) is 42.5 Å². The highest BCUT2D eigenvalue weighted by Gasteiger charge is 2.16. The molecule has 1 N–H and O–H groups in total. The van der Waals surface area contributed by atoms with Crippen LogP contribution < -0.4 is 10.1 Å². The van der Waals surface area contributed by atoms with Gasteiger partial charge in [0.15, 0.2) is 24.1 Å². The second kappa shape index (κ2) is 8.72. The number of carbonyl (C=O) groups is 2. The molecule has 8 heteroatoms. The molecule has 0 bridgehead atoms. The van der Waals surface area contributed by atoms with Gasteiger partial charge in [0.2, 0.25) is 0 Å². The summed E-state index contributed by atoms with van der Waals surface area (Å²) < 4.78 is 49.2. The summed E-state index contributed by atoms with van der Waals surface area (Å²) in [4.78, 5) is 23.0. The second-order valence-electron chi connectivity index (χ2n) is 4.84. The summed E-state index contributed by atoms with van der Waals surface area (Å²) >= 11 is 0. The van der Waals surface area contributed by atoms with E-state index >= 15 is 0 Å². The van der Waals surface area contributed by atoms with E-state index in [9.17, 15) is 22.8 Å². The van der Waals surface area contributed by atoms with E-state index in [4.69, 9.17) is 4.74 Å². The zero-order valence-corrected chi connectivity index (χ0v) is 12.9. The van der Waals surface area contributed by atoms with Crippen LogP contribution >= 0.6 is 0 Å². The molecule has 0 unspecified atom stereocenters. The van der Waals surface area contributed by atoms with E-state index < -0.39 is 41.6 Å². The van der Waals surface area contributed by atoms with E-state index in [2.05, 4.69) is 4.74 Å². The molecule has 0 aromatic heterocycles. The molecule has 2 aromatic carbocycles. The molecule has 0 spiro atoms. The van der Waals surface area contributed by atoms with Crippen molar-refractivity contribution in [2.75, 3.05) is 18.5 Å². The van der Waals surface area contributed by atoms with Gasteiger partial charge in [0.25, 0.3) is 5.91 Å². The molecule has 2 rings (SSSR count). The third-order valence-electron chi connectivity index (χ3n) is 2.99. The van der Waals surface area contributed by atoms with Crippen molar-refractivity contribution in [3.05, 3.63) is 59.9 Å². The Morgan fingerprint density at radius 3 is 2.40 bits per heavy atom. The summed E-state index contributed by atoms with van der Waals surface area (Å²) in [6, 6.07) is 10.3. The monoisotopic (exact) mass is 353 g/mol. The van der Waals surface area contributed by atoms with Crippen molar-refractivity contribution in [1.82, 2.24) is 0 Å². The molecule has 0 aliphatic rings. The van der Waals surface area contributed by atoms with Gasteiger partial charge in [-0.1, -0.05) is 18.2 Å². The molecule has 5 nitrogen and oxygen atoms in total. The minimum atomic E-state index is -1.70. The first-order valence-corrected chi connectivity index (χ1v) is 7.24. The Bertz CT molecular complexity index is 753. The van der Waals surface area contributed by atoms with Crippen molar-refractivity contribution in [3.8, 4) is 5.75 Å². The van der Waals surface area contributed by atoms with Crippen molar-refractivity contribution in [2.24, 2.45) is 0 Å². The SMILES string of the molecule is O=C(COC(=O)CCOc1ccccc1)Nc1ccc(F)c(F)c1F. The van der Waals surface area contributed by atoms with Crippen LogP contribution in [-0.4, -0.2) is 25.1 Å². The molecular weight excluding hydrogens is 339 g/mol. The molecule has 0 atom stereocenters. The second-order valence-corrected chi connectivity index (χ2v) is 4.84. The number of ether oxygens (including phenoxy) is 2. The molecule has 0 fully saturated rings. The molecule has 0 saturated carbocycles. The molecule has 0 radical (unpaired) electrons. The number of anilines is 1. The summed E-state index contributed by atoms with van der Waals surface area (Å²) in [5, 5.41) is 1.99. The predicted molar refractivity (Wildman–Crippen MR) is 82.5 cm³/mol. The zero-order chi connectivity index (χ0) is 18.2. The van der Waals surface area contributed by atoms with Crippen molar-refractivity contribution >= 4 is 17.6 Å². The first-order valence-electron chi connectivity index (χ1n) is 7.24. The minimum absolute atomic E-state index is 0.0578. The number of halogens is 3. The maximum absolute atomic E-state index is 13.4. The number of benzene rings is 2. The number of esters is 1. The summed E-state index contributed by atoms with van der Waals surface area (Å²) in [7, 11) is 0. The molecule has 2 aromatic rings. The van der Waals surface area contributed by atoms with E-state index in [1.807, 2.05) is 11.4 Å². The van der Waals surface area contributed by atoms with Gasteiger partial charge >= 0.3 is 5.97 Å². The molecule has 0 heterocycles.